The molecule has 0 unspecified atom stereocenters. The first-order valence-electron chi connectivity index (χ1n) is 4.88. The number of aromatic amines is 1. The van der Waals surface area contributed by atoms with Crippen LogP contribution < -0.4 is 11.2 Å². The van der Waals surface area contributed by atoms with E-state index in [0.29, 0.717) is 4.90 Å². The summed E-state index contributed by atoms with van der Waals surface area (Å²) in [4.78, 5) is 47.8. The van der Waals surface area contributed by atoms with Crippen LogP contribution in [0.1, 0.15) is 10.4 Å². The molecule has 0 saturated carbocycles. The van der Waals surface area contributed by atoms with E-state index in [1.54, 1.807) is 0 Å². The quantitative estimate of drug-likeness (QED) is 0.580. The minimum atomic E-state index is -1.31. The molecular formula is C10H11N3O5. The van der Waals surface area contributed by atoms with Gasteiger partial charge in [-0.1, -0.05) is 0 Å². The number of nitrogens with two attached hydrogens (primary N) is 1. The molecule has 2 amide bonds. The number of pyridine rings is 1. The zero-order valence-electron chi connectivity index (χ0n) is 9.25. The van der Waals surface area contributed by atoms with Gasteiger partial charge in [-0.05, 0) is 0 Å². The fourth-order valence-corrected chi connectivity index (χ4v) is 1.30. The second-order valence-corrected chi connectivity index (χ2v) is 3.44. The van der Waals surface area contributed by atoms with Crippen LogP contribution in [0.15, 0.2) is 23.3 Å². The van der Waals surface area contributed by atoms with E-state index in [1.807, 2.05) is 0 Å². The molecule has 0 radical (unpaired) electrons. The van der Waals surface area contributed by atoms with Gasteiger partial charge in [0.05, 0.1) is 0 Å². The molecule has 0 saturated heterocycles. The maximum Gasteiger partial charge on any atom is 0.323 e. The summed E-state index contributed by atoms with van der Waals surface area (Å²) in [6.07, 6.45) is 2.47. The van der Waals surface area contributed by atoms with E-state index in [1.165, 1.54) is 6.20 Å². The lowest BCUT2D eigenvalue weighted by Gasteiger charge is -2.18. The summed E-state index contributed by atoms with van der Waals surface area (Å²) in [6, 6.07) is 1.12. The van der Waals surface area contributed by atoms with Crippen LogP contribution >= 0.6 is 0 Å². The third-order valence-electron chi connectivity index (χ3n) is 2.01. The van der Waals surface area contributed by atoms with Crippen LogP contribution in [-0.2, 0) is 9.59 Å². The third kappa shape index (κ3) is 3.44. The van der Waals surface area contributed by atoms with Crippen molar-refractivity contribution in [2.45, 2.75) is 0 Å². The molecular weight excluding hydrogens is 242 g/mol. The van der Waals surface area contributed by atoms with Crippen molar-refractivity contribution >= 4 is 17.8 Å². The summed E-state index contributed by atoms with van der Waals surface area (Å²) in [5.74, 6) is -3.04. The van der Waals surface area contributed by atoms with Crippen LogP contribution in [0.5, 0.6) is 0 Å². The lowest BCUT2D eigenvalue weighted by Crippen LogP contribution is -2.43. The Kier molecular flexibility index (Phi) is 4.19. The third-order valence-corrected chi connectivity index (χ3v) is 2.01. The highest BCUT2D eigenvalue weighted by Crippen LogP contribution is 1.98. The number of rotatable bonds is 5. The van der Waals surface area contributed by atoms with Gasteiger partial charge in [-0.15, -0.1) is 0 Å². The molecule has 0 aliphatic carbocycles. The summed E-state index contributed by atoms with van der Waals surface area (Å²) in [6.45, 7) is -1.28. The molecule has 18 heavy (non-hydrogen) atoms. The van der Waals surface area contributed by atoms with E-state index < -0.39 is 36.3 Å². The Bertz CT molecular complexity index is 520. The van der Waals surface area contributed by atoms with Crippen LogP contribution in [0.3, 0.4) is 0 Å². The van der Waals surface area contributed by atoms with Crippen molar-refractivity contribution in [2.75, 3.05) is 13.1 Å². The Morgan fingerprint density at radius 3 is 2.50 bits per heavy atom. The highest BCUT2D eigenvalue weighted by molar-refractivity contribution is 5.97. The standard InChI is InChI=1S/C10H11N3O5/c11-8(15)4-13(5-9(16)17)10(18)6-3-12-2-1-7(6)14/h1-3H,4-5H2,(H2,11,15)(H,12,14)(H,16,17). The smallest absolute Gasteiger partial charge is 0.323 e. The van der Waals surface area contributed by atoms with Crippen LogP contribution in [0.4, 0.5) is 0 Å². The largest absolute Gasteiger partial charge is 0.480 e. The highest BCUT2D eigenvalue weighted by atomic mass is 16.4. The number of carboxylic acid groups (broad SMARTS) is 1. The van der Waals surface area contributed by atoms with Gasteiger partial charge < -0.3 is 20.7 Å². The van der Waals surface area contributed by atoms with Gasteiger partial charge in [0.2, 0.25) is 5.91 Å². The first-order valence-corrected chi connectivity index (χ1v) is 4.88. The SMILES string of the molecule is NC(=O)CN(CC(=O)O)C(=O)c1c[nH]ccc1=O. The predicted molar refractivity (Wildman–Crippen MR) is 59.8 cm³/mol. The molecule has 1 rings (SSSR count). The summed E-state index contributed by atoms with van der Waals surface area (Å²) < 4.78 is 0. The summed E-state index contributed by atoms with van der Waals surface area (Å²) in [7, 11) is 0. The maximum atomic E-state index is 11.9. The van der Waals surface area contributed by atoms with Gasteiger partial charge >= 0.3 is 5.97 Å². The number of nitrogens with one attached hydrogen (secondary N) is 1. The van der Waals surface area contributed by atoms with E-state index in [4.69, 9.17) is 10.8 Å². The molecule has 0 spiro atoms. The summed E-state index contributed by atoms with van der Waals surface area (Å²) in [5, 5.41) is 8.63. The van der Waals surface area contributed by atoms with Crippen LogP contribution in [-0.4, -0.2) is 45.9 Å². The van der Waals surface area contributed by atoms with Gasteiger partial charge in [0.15, 0.2) is 5.43 Å². The fourth-order valence-electron chi connectivity index (χ4n) is 1.30. The highest BCUT2D eigenvalue weighted by Gasteiger charge is 2.22. The number of carbonyl (C=O) groups is 3. The van der Waals surface area contributed by atoms with Gasteiger partial charge in [0.1, 0.15) is 18.7 Å². The number of carboxylic acids is 1. The van der Waals surface area contributed by atoms with Crippen LogP contribution in [0.2, 0.25) is 0 Å². The minimum absolute atomic E-state index is 0.250. The Balaban J connectivity index is 3.02. The van der Waals surface area contributed by atoms with Gasteiger partial charge in [-0.2, -0.15) is 0 Å². The van der Waals surface area contributed by atoms with Crippen LogP contribution in [0, 0.1) is 0 Å². The summed E-state index contributed by atoms with van der Waals surface area (Å²) in [5.41, 5.74) is 4.09. The van der Waals surface area contributed by atoms with E-state index in [-0.39, 0.29) is 5.56 Å². The van der Waals surface area contributed by atoms with Crippen molar-refractivity contribution in [3.8, 4) is 0 Å². The monoisotopic (exact) mass is 253 g/mol. The lowest BCUT2D eigenvalue weighted by atomic mass is 10.2. The number of hydrogen-bond donors (Lipinski definition) is 3. The number of amides is 2. The number of hydrogen-bond acceptors (Lipinski definition) is 4. The average molecular weight is 253 g/mol. The Labute approximate surface area is 101 Å². The van der Waals surface area contributed by atoms with Gasteiger partial charge in [0.25, 0.3) is 5.91 Å². The Hall–Kier alpha value is -2.64. The van der Waals surface area contributed by atoms with Crippen molar-refractivity contribution < 1.29 is 19.5 Å². The minimum Gasteiger partial charge on any atom is -0.480 e. The maximum absolute atomic E-state index is 11.9. The molecule has 0 atom stereocenters. The molecule has 0 bridgehead atoms. The van der Waals surface area contributed by atoms with Crippen molar-refractivity contribution in [2.24, 2.45) is 5.73 Å². The Morgan fingerprint density at radius 1 is 1.33 bits per heavy atom. The molecule has 0 aliphatic rings. The summed E-state index contributed by atoms with van der Waals surface area (Å²) >= 11 is 0. The van der Waals surface area contributed by atoms with E-state index in [0.717, 1.165) is 12.3 Å². The van der Waals surface area contributed by atoms with E-state index in [2.05, 4.69) is 4.98 Å². The van der Waals surface area contributed by atoms with Crippen molar-refractivity contribution in [3.05, 3.63) is 34.2 Å². The first-order chi connectivity index (χ1) is 8.41. The number of carbonyl (C=O) groups excluding carboxylic acids is 2. The molecule has 1 aromatic heterocycles. The first kappa shape index (κ1) is 13.4. The number of nitrogens with zero attached hydrogens (tertiary/aromatic N) is 1. The molecule has 4 N–H and O–H groups in total. The number of aromatic nitrogens is 1. The molecule has 0 aromatic carbocycles. The molecule has 1 aromatic rings. The molecule has 8 nitrogen and oxygen atoms in total. The zero-order valence-corrected chi connectivity index (χ0v) is 9.25. The van der Waals surface area contributed by atoms with E-state index in [9.17, 15) is 19.2 Å². The number of primary amides is 1. The lowest BCUT2D eigenvalue weighted by molar-refractivity contribution is -0.138. The van der Waals surface area contributed by atoms with Crippen molar-refractivity contribution in [1.82, 2.24) is 9.88 Å². The molecule has 0 fully saturated rings. The van der Waals surface area contributed by atoms with Crippen LogP contribution in [0.25, 0.3) is 0 Å². The van der Waals surface area contributed by atoms with Crippen molar-refractivity contribution in [3.63, 3.8) is 0 Å². The van der Waals surface area contributed by atoms with Gasteiger partial charge in [-0.3, -0.25) is 19.2 Å². The van der Waals surface area contributed by atoms with Gasteiger partial charge in [0, 0.05) is 18.5 Å². The molecule has 96 valence electrons. The zero-order chi connectivity index (χ0) is 13.7. The van der Waals surface area contributed by atoms with E-state index >= 15 is 0 Å². The van der Waals surface area contributed by atoms with Gasteiger partial charge in [-0.25, -0.2) is 0 Å². The second kappa shape index (κ2) is 5.62. The predicted octanol–water partition coefficient (Wildman–Crippen LogP) is -1.61. The topological polar surface area (TPSA) is 134 Å². The molecule has 1 heterocycles. The molecule has 0 aliphatic heterocycles. The number of H-pyrrole nitrogens is 1. The average Bonchev–Trinajstić information content (AvgIpc) is 2.26. The fraction of sp³-hybridized carbons (Fsp3) is 0.200. The normalized spacial score (nSPS) is 9.78. The molecule has 8 heteroatoms. The Morgan fingerprint density at radius 2 is 2.00 bits per heavy atom. The number of aliphatic carboxylic acids is 1. The van der Waals surface area contributed by atoms with Crippen molar-refractivity contribution in [1.29, 1.82) is 0 Å². The second-order valence-electron chi connectivity index (χ2n) is 3.44.